The molecule has 2 heterocycles. The number of carbonyl (C=O) groups is 2. The number of nitro groups is 1. The van der Waals surface area contributed by atoms with E-state index in [9.17, 15) is 28.1 Å². The molecule has 0 aromatic heterocycles. The van der Waals surface area contributed by atoms with Crippen LogP contribution in [0.1, 0.15) is 15.9 Å². The van der Waals surface area contributed by atoms with Gasteiger partial charge in [0, 0.05) is 23.6 Å². The van der Waals surface area contributed by atoms with Gasteiger partial charge in [0.25, 0.3) is 21.6 Å². The maximum atomic E-state index is 12.4. The fourth-order valence-electron chi connectivity index (χ4n) is 3.12. The number of hydrogen-bond donors (Lipinski definition) is 1. The molecule has 0 saturated carbocycles. The third-order valence-electron chi connectivity index (χ3n) is 4.75. The van der Waals surface area contributed by atoms with Gasteiger partial charge in [0.2, 0.25) is 0 Å². The second-order valence-corrected chi connectivity index (χ2v) is 9.74. The summed E-state index contributed by atoms with van der Waals surface area (Å²) in [5, 5.41) is 13.7. The van der Waals surface area contributed by atoms with Crippen LogP contribution in [0.3, 0.4) is 0 Å². The molecule has 166 valence electrons. The molecule has 11 nitrogen and oxygen atoms in total. The fraction of sp³-hybridized carbons (Fsp3) is 0.211. The molecule has 2 aromatic rings. The van der Waals surface area contributed by atoms with Crippen LogP contribution in [0, 0.1) is 17.0 Å². The lowest BCUT2D eigenvalue weighted by Gasteiger charge is -2.22. The molecule has 0 aliphatic carbocycles. The van der Waals surface area contributed by atoms with Crippen LogP contribution in [-0.4, -0.2) is 49.3 Å². The van der Waals surface area contributed by atoms with Crippen LogP contribution in [-0.2, 0) is 19.6 Å². The first-order valence-corrected chi connectivity index (χ1v) is 11.7. The molecule has 1 N–H and O–H groups in total. The first-order valence-electron chi connectivity index (χ1n) is 9.27. The fourth-order valence-corrected chi connectivity index (χ4v) is 5.41. The number of anilines is 2. The van der Waals surface area contributed by atoms with Crippen molar-refractivity contribution in [1.29, 1.82) is 0 Å². The summed E-state index contributed by atoms with van der Waals surface area (Å²) in [6.45, 7) is 1.38. The number of aryl methyl sites for hydroxylation is 1. The van der Waals surface area contributed by atoms with Gasteiger partial charge in [0.05, 0.1) is 27.6 Å². The van der Waals surface area contributed by atoms with Crippen molar-refractivity contribution >= 4 is 55.9 Å². The molecule has 0 saturated heterocycles. The average molecular weight is 476 g/mol. The smallest absolute Gasteiger partial charge is 0.338 e. The highest BCUT2D eigenvalue weighted by molar-refractivity contribution is 8.15. The van der Waals surface area contributed by atoms with Crippen molar-refractivity contribution in [2.45, 2.75) is 11.8 Å². The summed E-state index contributed by atoms with van der Waals surface area (Å²) in [7, 11) is -3.48. The Morgan fingerprint density at radius 3 is 2.81 bits per heavy atom. The number of carbonyl (C=O) groups excluding carboxylic acids is 2. The first-order chi connectivity index (χ1) is 15.1. The minimum absolute atomic E-state index is 0.0839. The topological polar surface area (TPSA) is 148 Å². The number of hydrogen-bond acceptors (Lipinski definition) is 9. The van der Waals surface area contributed by atoms with Gasteiger partial charge in [-0.1, -0.05) is 6.07 Å². The van der Waals surface area contributed by atoms with E-state index < -0.39 is 33.4 Å². The molecule has 0 fully saturated rings. The number of thioether (sulfide) groups is 1. The van der Waals surface area contributed by atoms with Crippen molar-refractivity contribution in [3.63, 3.8) is 0 Å². The van der Waals surface area contributed by atoms with Gasteiger partial charge in [-0.2, -0.15) is 0 Å². The summed E-state index contributed by atoms with van der Waals surface area (Å²) >= 11 is 1.14. The Balaban J connectivity index is 1.40. The quantitative estimate of drug-likeness (QED) is 0.390. The van der Waals surface area contributed by atoms with Crippen LogP contribution in [0.2, 0.25) is 0 Å². The van der Waals surface area contributed by atoms with E-state index >= 15 is 0 Å². The molecule has 4 rings (SSSR count). The van der Waals surface area contributed by atoms with E-state index in [2.05, 4.69) is 9.71 Å². The highest BCUT2D eigenvalue weighted by atomic mass is 32.2. The Kier molecular flexibility index (Phi) is 5.60. The molecule has 0 atom stereocenters. The van der Waals surface area contributed by atoms with Crippen LogP contribution in [0.25, 0.3) is 0 Å². The number of benzene rings is 2. The van der Waals surface area contributed by atoms with Crippen LogP contribution in [0.4, 0.5) is 17.1 Å². The molecule has 2 aromatic carbocycles. The first kappa shape index (κ1) is 21.8. The van der Waals surface area contributed by atoms with E-state index in [1.165, 1.54) is 24.3 Å². The van der Waals surface area contributed by atoms with Gasteiger partial charge in [-0.3, -0.25) is 14.9 Å². The minimum Gasteiger partial charge on any atom is -0.452 e. The van der Waals surface area contributed by atoms with Gasteiger partial charge >= 0.3 is 5.97 Å². The molecule has 0 spiro atoms. The van der Waals surface area contributed by atoms with Crippen molar-refractivity contribution in [2.75, 3.05) is 29.1 Å². The van der Waals surface area contributed by atoms with E-state index in [1.54, 1.807) is 24.0 Å². The van der Waals surface area contributed by atoms with E-state index in [0.717, 1.165) is 17.4 Å². The zero-order valence-electron chi connectivity index (χ0n) is 16.6. The van der Waals surface area contributed by atoms with Gasteiger partial charge in [-0.25, -0.2) is 13.2 Å². The van der Waals surface area contributed by atoms with Crippen molar-refractivity contribution in [3.05, 3.63) is 57.6 Å². The Morgan fingerprint density at radius 2 is 2.06 bits per heavy atom. The summed E-state index contributed by atoms with van der Waals surface area (Å²) in [4.78, 5) is 37.3. The number of nitrogens with one attached hydrogen (secondary N) is 1. The summed E-state index contributed by atoms with van der Waals surface area (Å²) < 4.78 is 32.2. The van der Waals surface area contributed by atoms with Crippen molar-refractivity contribution in [1.82, 2.24) is 0 Å². The van der Waals surface area contributed by atoms with Gasteiger partial charge in [0.15, 0.2) is 11.8 Å². The Bertz CT molecular complexity index is 1290. The number of fused-ring (bicyclic) bond motifs is 3. The number of nitro benzene ring substituents is 1. The summed E-state index contributed by atoms with van der Waals surface area (Å²) in [5.41, 5.74) is 1.64. The van der Waals surface area contributed by atoms with Crippen molar-refractivity contribution < 1.29 is 27.7 Å². The molecule has 1 amide bonds. The third kappa shape index (κ3) is 4.43. The van der Waals surface area contributed by atoms with E-state index in [-0.39, 0.29) is 29.2 Å². The Hall–Kier alpha value is -3.45. The summed E-state index contributed by atoms with van der Waals surface area (Å²) in [6.07, 6.45) is 0. The number of amidine groups is 1. The molecular formula is C19H16N4O7S2. The molecule has 13 heteroatoms. The number of nitrogens with zero attached hydrogens (tertiary/aromatic N) is 3. The van der Waals surface area contributed by atoms with Gasteiger partial charge < -0.3 is 15.0 Å². The summed E-state index contributed by atoms with van der Waals surface area (Å²) in [5.74, 6) is -1.47. The molecule has 2 aliphatic rings. The highest BCUT2D eigenvalue weighted by Crippen LogP contribution is 2.42. The number of sulfonamides is 1. The lowest BCUT2D eigenvalue weighted by Crippen LogP contribution is -2.35. The van der Waals surface area contributed by atoms with Crippen LogP contribution < -0.4 is 10.2 Å². The number of rotatable bonds is 5. The van der Waals surface area contributed by atoms with Crippen LogP contribution in [0.5, 0.6) is 0 Å². The number of esters is 1. The standard InChI is InChI=1S/C19H16N4O7S2/c1-11-2-4-13(23(26)27)9-14(11)20-17(24)10-30-18(25)12-3-5-15-16(8-12)31-19-21-32(28,29)7-6-22(15)19/h2-5,8-9H,6-7,10H2,1H3,(H,20,24). The molecule has 2 aliphatic heterocycles. The second kappa shape index (κ2) is 8.24. The zero-order chi connectivity index (χ0) is 23.0. The Morgan fingerprint density at radius 1 is 1.28 bits per heavy atom. The average Bonchev–Trinajstić information content (AvgIpc) is 3.08. The normalized spacial score (nSPS) is 15.9. The molecule has 32 heavy (non-hydrogen) atoms. The lowest BCUT2D eigenvalue weighted by atomic mass is 10.2. The minimum atomic E-state index is -3.48. The second-order valence-electron chi connectivity index (χ2n) is 6.98. The molecular weight excluding hydrogens is 460 g/mol. The molecule has 0 unspecified atom stereocenters. The number of non-ortho nitro benzene ring substituents is 1. The Labute approximate surface area is 186 Å². The van der Waals surface area contributed by atoms with Gasteiger partial charge in [0.1, 0.15) is 0 Å². The van der Waals surface area contributed by atoms with Crippen LogP contribution >= 0.6 is 11.8 Å². The molecule has 0 radical (unpaired) electrons. The van der Waals surface area contributed by atoms with E-state index in [1.807, 2.05) is 0 Å². The van der Waals surface area contributed by atoms with Crippen LogP contribution in [0.15, 0.2) is 45.7 Å². The predicted molar refractivity (Wildman–Crippen MR) is 118 cm³/mol. The predicted octanol–water partition coefficient (Wildman–Crippen LogP) is 2.31. The van der Waals surface area contributed by atoms with Crippen molar-refractivity contribution in [2.24, 2.45) is 4.40 Å². The SMILES string of the molecule is Cc1ccc([N+](=O)[O-])cc1NC(=O)COC(=O)c1ccc2c(c1)SC1=NS(=O)(=O)CCN12. The zero-order valence-corrected chi connectivity index (χ0v) is 18.2. The maximum absolute atomic E-state index is 12.4. The number of amides is 1. The third-order valence-corrected chi connectivity index (χ3v) is 7.06. The van der Waals surface area contributed by atoms with E-state index in [4.69, 9.17) is 4.74 Å². The summed E-state index contributed by atoms with van der Waals surface area (Å²) in [6, 6.07) is 8.81. The highest BCUT2D eigenvalue weighted by Gasteiger charge is 2.33. The molecule has 0 bridgehead atoms. The number of ether oxygens (including phenoxy) is 1. The largest absolute Gasteiger partial charge is 0.452 e. The van der Waals surface area contributed by atoms with E-state index in [0.29, 0.717) is 15.6 Å². The van der Waals surface area contributed by atoms with Gasteiger partial charge in [-0.05, 0) is 42.4 Å². The maximum Gasteiger partial charge on any atom is 0.338 e. The van der Waals surface area contributed by atoms with Gasteiger partial charge in [-0.15, -0.1) is 4.40 Å². The lowest BCUT2D eigenvalue weighted by molar-refractivity contribution is -0.384. The van der Waals surface area contributed by atoms with Crippen molar-refractivity contribution in [3.8, 4) is 0 Å². The monoisotopic (exact) mass is 476 g/mol.